The molecule has 0 saturated heterocycles. The molecule has 0 radical (unpaired) electrons. The lowest BCUT2D eigenvalue weighted by Crippen LogP contribution is -2.20. The maximum atomic E-state index is 10.1. The Morgan fingerprint density at radius 2 is 1.59 bits per heavy atom. The van der Waals surface area contributed by atoms with E-state index in [4.69, 9.17) is 9.47 Å². The highest BCUT2D eigenvalue weighted by Gasteiger charge is 2.35. The van der Waals surface area contributed by atoms with Crippen LogP contribution in [0.2, 0.25) is 0 Å². The number of methoxy groups -OCH3 is 2. The van der Waals surface area contributed by atoms with Gasteiger partial charge in [0, 0.05) is 6.07 Å². The number of hydrogen-bond donors (Lipinski definition) is 2. The second-order valence-corrected chi connectivity index (χ2v) is 4.42. The summed E-state index contributed by atoms with van der Waals surface area (Å²) in [6, 6.07) is 5.18. The molecule has 4 heteroatoms. The highest BCUT2D eigenvalue weighted by atomic mass is 16.5. The quantitative estimate of drug-likeness (QED) is 0.816. The molecule has 94 valence electrons. The van der Waals surface area contributed by atoms with Crippen molar-refractivity contribution < 1.29 is 19.7 Å². The minimum Gasteiger partial charge on any atom is -0.497 e. The van der Waals surface area contributed by atoms with Crippen LogP contribution in [-0.2, 0) is 0 Å². The number of hydrogen-bond acceptors (Lipinski definition) is 4. The van der Waals surface area contributed by atoms with Crippen molar-refractivity contribution in [2.45, 2.75) is 25.0 Å². The number of ether oxygens (including phenoxy) is 2. The van der Waals surface area contributed by atoms with Crippen molar-refractivity contribution in [2.75, 3.05) is 14.2 Å². The van der Waals surface area contributed by atoms with Crippen LogP contribution in [0.3, 0.4) is 0 Å². The summed E-state index contributed by atoms with van der Waals surface area (Å²) >= 11 is 0. The first-order valence-electron chi connectivity index (χ1n) is 5.75. The van der Waals surface area contributed by atoms with Gasteiger partial charge in [0.15, 0.2) is 0 Å². The second kappa shape index (κ2) is 4.94. The Labute approximate surface area is 101 Å². The summed E-state index contributed by atoms with van der Waals surface area (Å²) in [5, 5.41) is 20.0. The summed E-state index contributed by atoms with van der Waals surface area (Å²) in [4.78, 5) is 0. The van der Waals surface area contributed by atoms with Crippen molar-refractivity contribution >= 4 is 0 Å². The van der Waals surface area contributed by atoms with Crippen molar-refractivity contribution in [1.29, 1.82) is 0 Å². The van der Waals surface area contributed by atoms with Crippen molar-refractivity contribution in [3.8, 4) is 11.5 Å². The molecule has 2 N–H and O–H groups in total. The zero-order valence-electron chi connectivity index (χ0n) is 10.1. The summed E-state index contributed by atoms with van der Waals surface area (Å²) < 4.78 is 10.3. The summed E-state index contributed by atoms with van der Waals surface area (Å²) in [6.07, 6.45) is 0.386. The van der Waals surface area contributed by atoms with Crippen molar-refractivity contribution in [1.82, 2.24) is 0 Å². The van der Waals surface area contributed by atoms with Gasteiger partial charge in [0.25, 0.3) is 0 Å². The van der Waals surface area contributed by atoms with Gasteiger partial charge in [-0.05, 0) is 36.5 Å². The van der Waals surface area contributed by atoms with Gasteiger partial charge in [-0.1, -0.05) is 0 Å². The van der Waals surface area contributed by atoms with E-state index in [9.17, 15) is 10.2 Å². The molecule has 17 heavy (non-hydrogen) atoms. The fourth-order valence-electron chi connectivity index (χ4n) is 1.89. The van der Waals surface area contributed by atoms with Crippen LogP contribution < -0.4 is 9.47 Å². The highest BCUT2D eigenvalue weighted by Crippen LogP contribution is 2.39. The Balaban J connectivity index is 2.23. The van der Waals surface area contributed by atoms with Gasteiger partial charge >= 0.3 is 0 Å². The van der Waals surface area contributed by atoms with E-state index in [1.807, 2.05) is 0 Å². The van der Waals surface area contributed by atoms with Crippen LogP contribution in [0, 0.1) is 5.92 Å². The Morgan fingerprint density at radius 3 is 2.00 bits per heavy atom. The minimum atomic E-state index is -0.883. The molecule has 2 rings (SSSR count). The second-order valence-electron chi connectivity index (χ2n) is 4.42. The van der Waals surface area contributed by atoms with E-state index in [0.717, 1.165) is 12.8 Å². The lowest BCUT2D eigenvalue weighted by molar-refractivity contribution is 0.00466. The van der Waals surface area contributed by atoms with Crippen LogP contribution in [0.25, 0.3) is 0 Å². The van der Waals surface area contributed by atoms with Crippen LogP contribution in [0.1, 0.15) is 24.5 Å². The molecule has 1 saturated carbocycles. The average molecular weight is 238 g/mol. The maximum absolute atomic E-state index is 10.1. The molecular weight excluding hydrogens is 220 g/mol. The fourth-order valence-corrected chi connectivity index (χ4v) is 1.89. The fraction of sp³-hybridized carbons (Fsp3) is 0.538. The molecule has 4 nitrogen and oxygen atoms in total. The first kappa shape index (κ1) is 12.2. The third-order valence-electron chi connectivity index (χ3n) is 3.14. The lowest BCUT2D eigenvalue weighted by Gasteiger charge is -2.19. The number of aliphatic hydroxyl groups excluding tert-OH is 2. The number of aliphatic hydroxyl groups is 2. The molecule has 0 spiro atoms. The van der Waals surface area contributed by atoms with Crippen molar-refractivity contribution in [3.63, 3.8) is 0 Å². The van der Waals surface area contributed by atoms with Crippen LogP contribution in [0.4, 0.5) is 0 Å². The molecule has 0 aromatic heterocycles. The third kappa shape index (κ3) is 2.70. The molecule has 2 unspecified atom stereocenters. The maximum Gasteiger partial charge on any atom is 0.122 e. The Bertz CT molecular complexity index is 365. The van der Waals surface area contributed by atoms with Crippen LogP contribution >= 0.6 is 0 Å². The van der Waals surface area contributed by atoms with Crippen LogP contribution in [0.5, 0.6) is 11.5 Å². The Morgan fingerprint density at radius 1 is 1.06 bits per heavy atom. The van der Waals surface area contributed by atoms with Gasteiger partial charge in [-0.25, -0.2) is 0 Å². The van der Waals surface area contributed by atoms with Gasteiger partial charge in [0.05, 0.1) is 20.3 Å². The van der Waals surface area contributed by atoms with Crippen molar-refractivity contribution in [2.24, 2.45) is 5.92 Å². The van der Waals surface area contributed by atoms with Gasteiger partial charge in [-0.15, -0.1) is 0 Å². The highest BCUT2D eigenvalue weighted by molar-refractivity contribution is 5.39. The standard InChI is InChI=1S/C13H18O4/c1-16-10-5-9(6-11(7-10)17-2)13(15)12(14)8-3-4-8/h5-8,12-15H,3-4H2,1-2H3. The normalized spacial score (nSPS) is 18.6. The predicted molar refractivity (Wildman–Crippen MR) is 63.2 cm³/mol. The predicted octanol–water partition coefficient (Wildman–Crippen LogP) is 1.51. The summed E-state index contributed by atoms with van der Waals surface area (Å²) in [6.45, 7) is 0. The molecule has 0 amide bonds. The Kier molecular flexibility index (Phi) is 3.54. The van der Waals surface area contributed by atoms with Gasteiger partial charge in [-0.3, -0.25) is 0 Å². The van der Waals surface area contributed by atoms with E-state index in [1.54, 1.807) is 32.4 Å². The molecule has 1 aliphatic carbocycles. The molecule has 1 aliphatic rings. The van der Waals surface area contributed by atoms with Crippen LogP contribution in [-0.4, -0.2) is 30.5 Å². The van der Waals surface area contributed by atoms with Crippen molar-refractivity contribution in [3.05, 3.63) is 23.8 Å². The minimum absolute atomic E-state index is 0.224. The molecular formula is C13H18O4. The summed E-state index contributed by atoms with van der Waals surface area (Å²) in [5.74, 6) is 1.45. The SMILES string of the molecule is COc1cc(OC)cc(C(O)C(O)C2CC2)c1. The largest absolute Gasteiger partial charge is 0.497 e. The van der Waals surface area contributed by atoms with E-state index >= 15 is 0 Å². The zero-order chi connectivity index (χ0) is 12.4. The first-order valence-corrected chi connectivity index (χ1v) is 5.75. The molecule has 0 aliphatic heterocycles. The lowest BCUT2D eigenvalue weighted by atomic mass is 10.0. The van der Waals surface area contributed by atoms with E-state index in [0.29, 0.717) is 17.1 Å². The first-order chi connectivity index (χ1) is 8.15. The number of benzene rings is 1. The molecule has 2 atom stereocenters. The van der Waals surface area contributed by atoms with Gasteiger partial charge in [-0.2, -0.15) is 0 Å². The summed E-state index contributed by atoms with van der Waals surface area (Å²) in [7, 11) is 3.12. The topological polar surface area (TPSA) is 58.9 Å². The zero-order valence-corrected chi connectivity index (χ0v) is 10.1. The van der Waals surface area contributed by atoms with Crippen LogP contribution in [0.15, 0.2) is 18.2 Å². The monoisotopic (exact) mass is 238 g/mol. The molecule has 0 bridgehead atoms. The molecule has 1 fully saturated rings. The average Bonchev–Trinajstić information content (AvgIpc) is 3.20. The smallest absolute Gasteiger partial charge is 0.122 e. The van der Waals surface area contributed by atoms with E-state index in [-0.39, 0.29) is 5.92 Å². The number of rotatable bonds is 5. The van der Waals surface area contributed by atoms with Gasteiger partial charge < -0.3 is 19.7 Å². The molecule has 1 aromatic rings. The molecule has 0 heterocycles. The Hall–Kier alpha value is -1.26. The van der Waals surface area contributed by atoms with E-state index in [1.165, 1.54) is 0 Å². The van der Waals surface area contributed by atoms with E-state index < -0.39 is 12.2 Å². The van der Waals surface area contributed by atoms with Gasteiger partial charge in [0.1, 0.15) is 17.6 Å². The molecule has 1 aromatic carbocycles. The third-order valence-corrected chi connectivity index (χ3v) is 3.14. The van der Waals surface area contributed by atoms with E-state index in [2.05, 4.69) is 0 Å². The van der Waals surface area contributed by atoms with Gasteiger partial charge in [0.2, 0.25) is 0 Å². The summed E-state index contributed by atoms with van der Waals surface area (Å²) in [5.41, 5.74) is 0.626.